The number of ether oxygens (including phenoxy) is 2. The lowest BCUT2D eigenvalue weighted by molar-refractivity contribution is -0.118. The van der Waals surface area contributed by atoms with Crippen LogP contribution in [0.15, 0.2) is 60.0 Å². The maximum absolute atomic E-state index is 12.4. The number of hydrogen-bond donors (Lipinski definition) is 3. The average molecular weight is 502 g/mol. The van der Waals surface area contributed by atoms with E-state index in [2.05, 4.69) is 11.9 Å². The molecule has 1 atom stereocenters. The van der Waals surface area contributed by atoms with Crippen LogP contribution < -0.4 is 19.5 Å². The zero-order valence-electron chi connectivity index (χ0n) is 18.3. The number of hydrogen-bond acceptors (Lipinski definition) is 7. The lowest BCUT2D eigenvalue weighted by Gasteiger charge is -2.18. The highest BCUT2D eigenvalue weighted by atomic mass is 32.2. The minimum atomic E-state index is -4.35. The maximum atomic E-state index is 12.4. The van der Waals surface area contributed by atoms with Gasteiger partial charge in [-0.1, -0.05) is 18.7 Å². The first-order valence-corrected chi connectivity index (χ1v) is 12.7. The van der Waals surface area contributed by atoms with Gasteiger partial charge in [-0.3, -0.25) is 14.1 Å². The standard InChI is InChI=1S/C23H23N3O6S2/c1-14(2)22(27)24-18(11-15-3-6-17(7-4-15)26-34(28,29)30)23-25-19(13-33-23)16-5-8-20-21(12-16)32-10-9-31-20/h3-8,12-13,18,26H,1,9-11H2,2H3,(H,24,27)(H,28,29,30)/t18-/m0/s1. The number of anilines is 1. The van der Waals surface area contributed by atoms with E-state index in [0.717, 1.165) is 16.8 Å². The van der Waals surface area contributed by atoms with Gasteiger partial charge < -0.3 is 14.8 Å². The fourth-order valence-electron chi connectivity index (χ4n) is 3.36. The average Bonchev–Trinajstić information content (AvgIpc) is 3.29. The van der Waals surface area contributed by atoms with Gasteiger partial charge in [-0.2, -0.15) is 8.42 Å². The summed E-state index contributed by atoms with van der Waals surface area (Å²) in [4.78, 5) is 17.2. The fraction of sp³-hybridized carbons (Fsp3) is 0.217. The number of carbonyl (C=O) groups excluding carboxylic acids is 1. The largest absolute Gasteiger partial charge is 0.486 e. The molecule has 3 N–H and O–H groups in total. The molecule has 1 aliphatic heterocycles. The molecule has 0 bridgehead atoms. The summed E-state index contributed by atoms with van der Waals surface area (Å²) in [6.45, 7) is 6.34. The number of fused-ring (bicyclic) bond motifs is 1. The van der Waals surface area contributed by atoms with E-state index < -0.39 is 16.3 Å². The Kier molecular flexibility index (Phi) is 6.87. The van der Waals surface area contributed by atoms with Crippen molar-refractivity contribution in [3.63, 3.8) is 0 Å². The monoisotopic (exact) mass is 501 g/mol. The Morgan fingerprint density at radius 2 is 1.88 bits per heavy atom. The van der Waals surface area contributed by atoms with E-state index in [1.54, 1.807) is 19.1 Å². The van der Waals surface area contributed by atoms with Crippen molar-refractivity contribution in [3.05, 3.63) is 70.6 Å². The summed E-state index contributed by atoms with van der Waals surface area (Å²) < 4.78 is 44.2. The molecule has 3 aromatic rings. The Hall–Kier alpha value is -3.41. The molecular weight excluding hydrogens is 478 g/mol. The molecule has 4 rings (SSSR count). The van der Waals surface area contributed by atoms with Gasteiger partial charge in [-0.25, -0.2) is 4.98 Å². The SMILES string of the molecule is C=C(C)C(=O)N[C@@H](Cc1ccc(NS(=O)(=O)O)cc1)c1nc(-c2ccc3c(c2)OCCO3)cs1. The highest BCUT2D eigenvalue weighted by Gasteiger charge is 2.21. The number of amides is 1. The van der Waals surface area contributed by atoms with Gasteiger partial charge >= 0.3 is 10.3 Å². The van der Waals surface area contributed by atoms with Gasteiger partial charge in [0.25, 0.3) is 0 Å². The summed E-state index contributed by atoms with van der Waals surface area (Å²) in [5.74, 6) is 1.08. The number of thiazole rings is 1. The van der Waals surface area contributed by atoms with Gasteiger partial charge in [0.2, 0.25) is 5.91 Å². The zero-order chi connectivity index (χ0) is 24.3. The molecule has 0 spiro atoms. The molecule has 178 valence electrons. The van der Waals surface area contributed by atoms with Crippen LogP contribution in [0.2, 0.25) is 0 Å². The highest BCUT2D eigenvalue weighted by Crippen LogP contribution is 2.35. The molecule has 0 saturated carbocycles. The lowest BCUT2D eigenvalue weighted by Crippen LogP contribution is -2.30. The van der Waals surface area contributed by atoms with E-state index in [1.165, 1.54) is 23.5 Å². The number of carbonyl (C=O) groups is 1. The third-order valence-electron chi connectivity index (χ3n) is 4.99. The van der Waals surface area contributed by atoms with Crippen LogP contribution in [0.25, 0.3) is 11.3 Å². The molecule has 2 heterocycles. The van der Waals surface area contributed by atoms with Crippen molar-refractivity contribution in [2.75, 3.05) is 17.9 Å². The molecule has 9 nitrogen and oxygen atoms in total. The van der Waals surface area contributed by atoms with Crippen molar-refractivity contribution in [3.8, 4) is 22.8 Å². The van der Waals surface area contributed by atoms with Crippen molar-refractivity contribution in [2.24, 2.45) is 0 Å². The lowest BCUT2D eigenvalue weighted by atomic mass is 10.1. The molecule has 0 saturated heterocycles. The molecule has 1 aromatic heterocycles. The van der Waals surface area contributed by atoms with Crippen molar-refractivity contribution in [1.29, 1.82) is 0 Å². The molecule has 0 unspecified atom stereocenters. The third kappa shape index (κ3) is 5.93. The van der Waals surface area contributed by atoms with Crippen LogP contribution in [0.4, 0.5) is 5.69 Å². The van der Waals surface area contributed by atoms with Crippen LogP contribution in [0.3, 0.4) is 0 Å². The highest BCUT2D eigenvalue weighted by molar-refractivity contribution is 7.87. The van der Waals surface area contributed by atoms with Crippen molar-refractivity contribution < 1.29 is 27.2 Å². The number of aromatic nitrogens is 1. The maximum Gasteiger partial charge on any atom is 0.357 e. The summed E-state index contributed by atoms with van der Waals surface area (Å²) in [6, 6.07) is 11.7. The predicted molar refractivity (Wildman–Crippen MR) is 130 cm³/mol. The van der Waals surface area contributed by atoms with Crippen LogP contribution in [0.5, 0.6) is 11.5 Å². The van der Waals surface area contributed by atoms with E-state index in [4.69, 9.17) is 19.0 Å². The van der Waals surface area contributed by atoms with Gasteiger partial charge in [0, 0.05) is 16.5 Å². The van der Waals surface area contributed by atoms with E-state index in [0.29, 0.717) is 41.7 Å². The first kappa shape index (κ1) is 23.7. The van der Waals surface area contributed by atoms with Crippen molar-refractivity contribution in [1.82, 2.24) is 10.3 Å². The fourth-order valence-corrected chi connectivity index (χ4v) is 4.67. The summed E-state index contributed by atoms with van der Waals surface area (Å²) in [5.41, 5.74) is 3.06. The predicted octanol–water partition coefficient (Wildman–Crippen LogP) is 3.77. The number of benzene rings is 2. The minimum Gasteiger partial charge on any atom is -0.486 e. The topological polar surface area (TPSA) is 127 Å². The van der Waals surface area contributed by atoms with Gasteiger partial charge in [-0.15, -0.1) is 11.3 Å². The molecule has 0 radical (unpaired) electrons. The second-order valence-corrected chi connectivity index (χ2v) is 9.76. The van der Waals surface area contributed by atoms with Crippen molar-refractivity contribution in [2.45, 2.75) is 19.4 Å². The quantitative estimate of drug-likeness (QED) is 0.317. The summed E-state index contributed by atoms with van der Waals surface area (Å²) in [6.07, 6.45) is 0.416. The van der Waals surface area contributed by atoms with Gasteiger partial charge in [0.05, 0.1) is 17.4 Å². The molecule has 2 aromatic carbocycles. The summed E-state index contributed by atoms with van der Waals surface area (Å²) in [7, 11) is -4.35. The summed E-state index contributed by atoms with van der Waals surface area (Å²) >= 11 is 1.42. The number of nitrogens with one attached hydrogen (secondary N) is 2. The Bertz CT molecular complexity index is 1320. The first-order chi connectivity index (χ1) is 16.2. The van der Waals surface area contributed by atoms with E-state index in [1.807, 2.05) is 28.3 Å². The molecule has 1 aliphatic rings. The minimum absolute atomic E-state index is 0.226. The molecule has 1 amide bonds. The van der Waals surface area contributed by atoms with Crippen LogP contribution in [0, 0.1) is 0 Å². The summed E-state index contributed by atoms with van der Waals surface area (Å²) in [5, 5.41) is 5.59. The van der Waals surface area contributed by atoms with Gasteiger partial charge in [0.1, 0.15) is 18.2 Å². The third-order valence-corrected chi connectivity index (χ3v) is 6.44. The molecule has 0 aliphatic carbocycles. The Labute approximate surface area is 201 Å². The second kappa shape index (κ2) is 9.84. The van der Waals surface area contributed by atoms with E-state index in [9.17, 15) is 13.2 Å². The van der Waals surface area contributed by atoms with E-state index >= 15 is 0 Å². The molecule has 11 heteroatoms. The molecule has 34 heavy (non-hydrogen) atoms. The molecule has 0 fully saturated rings. The number of nitrogens with zero attached hydrogens (tertiary/aromatic N) is 1. The van der Waals surface area contributed by atoms with Crippen LogP contribution in [-0.4, -0.2) is 37.1 Å². The Morgan fingerprint density at radius 1 is 1.18 bits per heavy atom. The van der Waals surface area contributed by atoms with Crippen LogP contribution >= 0.6 is 11.3 Å². The second-order valence-electron chi connectivity index (χ2n) is 7.71. The van der Waals surface area contributed by atoms with Gasteiger partial charge in [-0.05, 0) is 49.2 Å². The van der Waals surface area contributed by atoms with E-state index in [-0.39, 0.29) is 11.6 Å². The molecular formula is C23H23N3O6S2. The van der Waals surface area contributed by atoms with Crippen LogP contribution in [0.1, 0.15) is 23.5 Å². The Balaban J connectivity index is 1.57. The normalized spacial score (nSPS) is 13.7. The van der Waals surface area contributed by atoms with Crippen LogP contribution in [-0.2, 0) is 21.5 Å². The number of rotatable bonds is 8. The smallest absolute Gasteiger partial charge is 0.357 e. The zero-order valence-corrected chi connectivity index (χ0v) is 19.9. The van der Waals surface area contributed by atoms with Crippen molar-refractivity contribution >= 4 is 33.2 Å². The first-order valence-electron chi connectivity index (χ1n) is 10.3. The Morgan fingerprint density at radius 3 is 2.56 bits per heavy atom. The van der Waals surface area contributed by atoms with Gasteiger partial charge in [0.15, 0.2) is 11.5 Å².